The number of piperazine rings is 1. The van der Waals surface area contributed by atoms with E-state index in [-0.39, 0.29) is 11.8 Å². The van der Waals surface area contributed by atoms with E-state index in [0.717, 1.165) is 49.8 Å². The average Bonchev–Trinajstić information content (AvgIpc) is 3.25. The number of carbonyl (C=O) groups is 1. The summed E-state index contributed by atoms with van der Waals surface area (Å²) in [7, 11) is 0. The van der Waals surface area contributed by atoms with Crippen LogP contribution >= 0.6 is 0 Å². The zero-order chi connectivity index (χ0) is 17.2. The Labute approximate surface area is 146 Å². The van der Waals surface area contributed by atoms with Crippen LogP contribution in [0.15, 0.2) is 24.3 Å². The quantitative estimate of drug-likeness (QED) is 0.868. The van der Waals surface area contributed by atoms with Gasteiger partial charge in [-0.05, 0) is 30.7 Å². The molecule has 0 aliphatic carbocycles. The molecule has 0 radical (unpaired) electrons. The third kappa shape index (κ3) is 3.24. The summed E-state index contributed by atoms with van der Waals surface area (Å²) in [6, 6.07) is 7.12. The van der Waals surface area contributed by atoms with Gasteiger partial charge >= 0.3 is 6.03 Å². The van der Waals surface area contributed by atoms with Crippen LogP contribution in [0.4, 0.5) is 10.5 Å². The topological polar surface area (TPSA) is 86.5 Å². The van der Waals surface area contributed by atoms with Crippen molar-refractivity contribution in [3.63, 3.8) is 0 Å². The number of amides is 2. The number of aryl methyl sites for hydroxylation is 1. The predicted molar refractivity (Wildman–Crippen MR) is 92.5 cm³/mol. The van der Waals surface area contributed by atoms with Gasteiger partial charge in [-0.3, -0.25) is 0 Å². The highest BCUT2D eigenvalue weighted by atomic mass is 16.3. The van der Waals surface area contributed by atoms with Gasteiger partial charge in [0.1, 0.15) is 11.6 Å². The molecule has 8 nitrogen and oxygen atoms in total. The zero-order valence-electron chi connectivity index (χ0n) is 14.1. The first-order valence-electron chi connectivity index (χ1n) is 8.68. The number of aromatic nitrogens is 3. The number of nitrogens with zero attached hydrogens (tertiary/aromatic N) is 5. The highest BCUT2D eigenvalue weighted by Crippen LogP contribution is 2.20. The van der Waals surface area contributed by atoms with E-state index in [9.17, 15) is 9.90 Å². The minimum absolute atomic E-state index is 0.0549. The Morgan fingerprint density at radius 2 is 1.84 bits per heavy atom. The number of aromatic hydroxyl groups is 1. The van der Waals surface area contributed by atoms with Crippen molar-refractivity contribution in [2.24, 2.45) is 0 Å². The molecule has 1 saturated heterocycles. The van der Waals surface area contributed by atoms with Crippen molar-refractivity contribution in [1.82, 2.24) is 25.0 Å². The molecule has 8 heteroatoms. The number of hydrogen-bond acceptors (Lipinski definition) is 5. The average molecular weight is 342 g/mol. The fourth-order valence-corrected chi connectivity index (χ4v) is 3.44. The summed E-state index contributed by atoms with van der Waals surface area (Å²) in [6.07, 6.45) is 2.07. The number of anilines is 1. The van der Waals surface area contributed by atoms with Crippen molar-refractivity contribution < 1.29 is 9.90 Å². The Morgan fingerprint density at radius 1 is 1.08 bits per heavy atom. The lowest BCUT2D eigenvalue weighted by Gasteiger charge is -2.36. The van der Waals surface area contributed by atoms with Crippen molar-refractivity contribution in [2.75, 3.05) is 31.1 Å². The second kappa shape index (κ2) is 6.62. The Balaban J connectivity index is 1.28. The molecular weight excluding hydrogens is 320 g/mol. The molecule has 25 heavy (non-hydrogen) atoms. The molecule has 2 aliphatic rings. The number of carbonyl (C=O) groups excluding carboxylic acids is 1. The van der Waals surface area contributed by atoms with Gasteiger partial charge in [0.2, 0.25) is 0 Å². The lowest BCUT2D eigenvalue weighted by atomic mass is 10.2. The molecule has 3 heterocycles. The highest BCUT2D eigenvalue weighted by Gasteiger charge is 2.22. The van der Waals surface area contributed by atoms with Crippen molar-refractivity contribution in [1.29, 1.82) is 0 Å². The molecule has 0 unspecified atom stereocenters. The Kier molecular flexibility index (Phi) is 4.17. The summed E-state index contributed by atoms with van der Waals surface area (Å²) in [4.78, 5) is 16.4. The van der Waals surface area contributed by atoms with Crippen molar-refractivity contribution in [3.8, 4) is 5.75 Å². The third-order valence-corrected chi connectivity index (χ3v) is 4.87. The largest absolute Gasteiger partial charge is 0.508 e. The van der Waals surface area contributed by atoms with Crippen molar-refractivity contribution in [3.05, 3.63) is 35.9 Å². The van der Waals surface area contributed by atoms with Crippen LogP contribution in [-0.4, -0.2) is 57.0 Å². The van der Waals surface area contributed by atoms with E-state index < -0.39 is 0 Å². The van der Waals surface area contributed by atoms with Gasteiger partial charge in [-0.25, -0.2) is 4.79 Å². The fraction of sp³-hybridized carbons (Fsp3) is 0.471. The minimum atomic E-state index is -0.0549. The first kappa shape index (κ1) is 15.7. The summed E-state index contributed by atoms with van der Waals surface area (Å²) < 4.78 is 2.10. The summed E-state index contributed by atoms with van der Waals surface area (Å²) in [5.41, 5.74) is 1.07. The SMILES string of the molecule is O=C(NCc1nnc2n1CCC2)N1CCN(c2ccc(O)cc2)CC1. The standard InChI is InChI=1S/C17H22N6O2/c24-14-5-3-13(4-6-14)21-8-10-22(11-9-21)17(25)18-12-16-20-19-15-2-1-7-23(15)16/h3-6,24H,1-2,7-12H2,(H,18,25). The molecule has 0 bridgehead atoms. The van der Waals surface area contributed by atoms with Gasteiger partial charge in [0.05, 0.1) is 6.54 Å². The molecule has 2 aliphatic heterocycles. The summed E-state index contributed by atoms with van der Waals surface area (Å²) >= 11 is 0. The van der Waals surface area contributed by atoms with Crippen LogP contribution in [0.2, 0.25) is 0 Å². The number of nitrogens with one attached hydrogen (secondary N) is 1. The van der Waals surface area contributed by atoms with E-state index in [2.05, 4.69) is 25.0 Å². The van der Waals surface area contributed by atoms with Gasteiger partial charge in [0.15, 0.2) is 5.82 Å². The first-order valence-corrected chi connectivity index (χ1v) is 8.68. The number of fused-ring (bicyclic) bond motifs is 1. The van der Waals surface area contributed by atoms with E-state index in [1.807, 2.05) is 17.0 Å². The van der Waals surface area contributed by atoms with Crippen LogP contribution in [0.3, 0.4) is 0 Å². The molecule has 2 aromatic rings. The maximum Gasteiger partial charge on any atom is 0.317 e. The van der Waals surface area contributed by atoms with Crippen LogP contribution in [0, 0.1) is 0 Å². The molecule has 132 valence electrons. The van der Waals surface area contributed by atoms with Gasteiger partial charge < -0.3 is 24.8 Å². The van der Waals surface area contributed by atoms with Crippen LogP contribution in [0.1, 0.15) is 18.1 Å². The summed E-state index contributed by atoms with van der Waals surface area (Å²) in [5, 5.41) is 20.7. The molecule has 1 aromatic heterocycles. The maximum atomic E-state index is 12.4. The smallest absolute Gasteiger partial charge is 0.317 e. The van der Waals surface area contributed by atoms with Gasteiger partial charge in [-0.15, -0.1) is 10.2 Å². The fourth-order valence-electron chi connectivity index (χ4n) is 3.44. The number of phenols is 1. The molecule has 1 fully saturated rings. The molecule has 2 amide bonds. The predicted octanol–water partition coefficient (Wildman–Crippen LogP) is 0.962. The van der Waals surface area contributed by atoms with Crippen LogP contribution < -0.4 is 10.2 Å². The second-order valence-corrected chi connectivity index (χ2v) is 6.44. The van der Waals surface area contributed by atoms with Crippen LogP contribution in [-0.2, 0) is 19.5 Å². The van der Waals surface area contributed by atoms with Crippen LogP contribution in [0.25, 0.3) is 0 Å². The number of urea groups is 1. The number of benzene rings is 1. The number of phenolic OH excluding ortho intramolecular Hbond substituents is 1. The molecule has 0 atom stereocenters. The van der Waals surface area contributed by atoms with E-state index >= 15 is 0 Å². The summed E-state index contributed by atoms with van der Waals surface area (Å²) in [5.74, 6) is 2.12. The molecule has 1 aromatic carbocycles. The van der Waals surface area contributed by atoms with Gasteiger partial charge in [0, 0.05) is 44.8 Å². The van der Waals surface area contributed by atoms with Gasteiger partial charge in [-0.1, -0.05) is 0 Å². The lowest BCUT2D eigenvalue weighted by molar-refractivity contribution is 0.193. The molecular formula is C17H22N6O2. The Hall–Kier alpha value is -2.77. The van der Waals surface area contributed by atoms with Crippen LogP contribution in [0.5, 0.6) is 5.75 Å². The number of hydrogen-bond donors (Lipinski definition) is 2. The van der Waals surface area contributed by atoms with E-state index in [1.165, 1.54) is 0 Å². The minimum Gasteiger partial charge on any atom is -0.508 e. The third-order valence-electron chi connectivity index (χ3n) is 4.87. The van der Waals surface area contributed by atoms with Gasteiger partial charge in [0.25, 0.3) is 0 Å². The lowest BCUT2D eigenvalue weighted by Crippen LogP contribution is -2.51. The molecule has 2 N–H and O–H groups in total. The monoisotopic (exact) mass is 342 g/mol. The molecule has 0 spiro atoms. The Bertz CT molecular complexity index is 749. The van der Waals surface area contributed by atoms with Crippen molar-refractivity contribution in [2.45, 2.75) is 25.9 Å². The summed E-state index contributed by atoms with van der Waals surface area (Å²) in [6.45, 7) is 4.26. The second-order valence-electron chi connectivity index (χ2n) is 6.44. The Morgan fingerprint density at radius 3 is 2.60 bits per heavy atom. The molecule has 4 rings (SSSR count). The van der Waals surface area contributed by atoms with E-state index in [4.69, 9.17) is 0 Å². The normalized spacial score (nSPS) is 16.8. The van der Waals surface area contributed by atoms with E-state index in [1.54, 1.807) is 12.1 Å². The van der Waals surface area contributed by atoms with Crippen molar-refractivity contribution >= 4 is 11.7 Å². The zero-order valence-corrected chi connectivity index (χ0v) is 14.1. The number of rotatable bonds is 3. The highest BCUT2D eigenvalue weighted by molar-refractivity contribution is 5.74. The maximum absolute atomic E-state index is 12.4. The van der Waals surface area contributed by atoms with E-state index in [0.29, 0.717) is 19.6 Å². The first-order chi connectivity index (χ1) is 12.2. The van der Waals surface area contributed by atoms with Gasteiger partial charge in [-0.2, -0.15) is 0 Å². The molecule has 0 saturated carbocycles.